The summed E-state index contributed by atoms with van der Waals surface area (Å²) in [6.45, 7) is 5.10. The average molecular weight is 288 g/mol. The molecule has 0 radical (unpaired) electrons. The van der Waals surface area contributed by atoms with Gasteiger partial charge in [-0.2, -0.15) is 0 Å². The standard InChI is InChI=1S/C16H20N2O3/c1-11(19)5-4-6-12-9-18-15-14(12)13(7-8-17-15)21-10-16(2,3)20/h4-5,7-9,20H,6,10H2,1-3H3,(H,17,18)/b5-4+. The topological polar surface area (TPSA) is 75.2 Å². The van der Waals surface area contributed by atoms with Gasteiger partial charge in [-0.1, -0.05) is 6.08 Å². The van der Waals surface area contributed by atoms with E-state index in [0.717, 1.165) is 16.6 Å². The van der Waals surface area contributed by atoms with E-state index in [0.29, 0.717) is 12.2 Å². The highest BCUT2D eigenvalue weighted by atomic mass is 16.5. The molecule has 0 fully saturated rings. The van der Waals surface area contributed by atoms with E-state index in [1.165, 1.54) is 6.92 Å². The second-order valence-corrected chi connectivity index (χ2v) is 5.66. The Morgan fingerprint density at radius 2 is 2.29 bits per heavy atom. The van der Waals surface area contributed by atoms with Gasteiger partial charge >= 0.3 is 0 Å². The maximum atomic E-state index is 11.0. The first-order chi connectivity index (χ1) is 9.87. The van der Waals surface area contributed by atoms with Gasteiger partial charge in [0.05, 0.1) is 11.0 Å². The number of nitrogens with one attached hydrogen (secondary N) is 1. The normalized spacial score (nSPS) is 12.2. The molecule has 2 aromatic heterocycles. The first kappa shape index (κ1) is 15.3. The lowest BCUT2D eigenvalue weighted by atomic mass is 10.1. The van der Waals surface area contributed by atoms with Crippen LogP contribution in [0.5, 0.6) is 5.75 Å². The lowest BCUT2D eigenvalue weighted by molar-refractivity contribution is -0.112. The van der Waals surface area contributed by atoms with Crippen molar-refractivity contribution >= 4 is 16.8 Å². The van der Waals surface area contributed by atoms with E-state index >= 15 is 0 Å². The lowest BCUT2D eigenvalue weighted by Gasteiger charge is -2.18. The van der Waals surface area contributed by atoms with E-state index in [9.17, 15) is 9.90 Å². The number of rotatable bonds is 6. The molecule has 0 bridgehead atoms. The number of hydrogen-bond donors (Lipinski definition) is 2. The van der Waals surface area contributed by atoms with Crippen LogP contribution in [0.1, 0.15) is 26.3 Å². The summed E-state index contributed by atoms with van der Waals surface area (Å²) in [6.07, 6.45) is 7.50. The molecule has 0 unspecified atom stereocenters. The van der Waals surface area contributed by atoms with Gasteiger partial charge in [-0.25, -0.2) is 4.98 Å². The summed E-state index contributed by atoms with van der Waals surface area (Å²) in [6, 6.07) is 1.78. The predicted molar refractivity (Wildman–Crippen MR) is 81.4 cm³/mol. The van der Waals surface area contributed by atoms with Crippen molar-refractivity contribution in [3.05, 3.63) is 36.2 Å². The van der Waals surface area contributed by atoms with E-state index in [4.69, 9.17) is 4.74 Å². The highest BCUT2D eigenvalue weighted by Crippen LogP contribution is 2.28. The van der Waals surface area contributed by atoms with E-state index in [1.807, 2.05) is 12.3 Å². The van der Waals surface area contributed by atoms with Crippen LogP contribution in [0.15, 0.2) is 30.6 Å². The average Bonchev–Trinajstić information content (AvgIpc) is 2.79. The quantitative estimate of drug-likeness (QED) is 0.800. The molecule has 0 atom stereocenters. The fourth-order valence-corrected chi connectivity index (χ4v) is 1.98. The van der Waals surface area contributed by atoms with Crippen molar-refractivity contribution in [3.8, 4) is 5.75 Å². The lowest BCUT2D eigenvalue weighted by Crippen LogP contribution is -2.27. The summed E-state index contributed by atoms with van der Waals surface area (Å²) in [5.74, 6) is 0.695. The molecular weight excluding hydrogens is 268 g/mol. The summed E-state index contributed by atoms with van der Waals surface area (Å²) in [5.41, 5.74) is 0.830. The SMILES string of the molecule is CC(=O)/C=C/Cc1c[nH]c2nccc(OCC(C)(C)O)c12. The van der Waals surface area contributed by atoms with Crippen LogP contribution in [-0.4, -0.2) is 33.1 Å². The molecule has 0 aromatic carbocycles. The fraction of sp³-hybridized carbons (Fsp3) is 0.375. The first-order valence-electron chi connectivity index (χ1n) is 6.84. The third-order valence-electron chi connectivity index (χ3n) is 2.89. The number of pyridine rings is 1. The van der Waals surface area contributed by atoms with Crippen LogP contribution in [0.25, 0.3) is 11.0 Å². The molecule has 5 nitrogen and oxygen atoms in total. The molecule has 0 saturated heterocycles. The number of carbonyl (C=O) groups excluding carboxylic acids is 1. The molecule has 2 heterocycles. The van der Waals surface area contributed by atoms with Gasteiger partial charge in [0.1, 0.15) is 18.0 Å². The van der Waals surface area contributed by atoms with Gasteiger partial charge in [0.25, 0.3) is 0 Å². The number of aromatic nitrogens is 2. The van der Waals surface area contributed by atoms with Crippen molar-refractivity contribution in [1.29, 1.82) is 0 Å². The molecule has 0 aliphatic rings. The Bertz CT molecular complexity index is 666. The van der Waals surface area contributed by atoms with Crippen LogP contribution >= 0.6 is 0 Å². The highest BCUT2D eigenvalue weighted by Gasteiger charge is 2.16. The molecule has 2 aromatic rings. The van der Waals surface area contributed by atoms with Crippen LogP contribution in [-0.2, 0) is 11.2 Å². The molecule has 2 rings (SSSR count). The second-order valence-electron chi connectivity index (χ2n) is 5.66. The number of aromatic amines is 1. The number of carbonyl (C=O) groups is 1. The minimum absolute atomic E-state index is 0.0199. The predicted octanol–water partition coefficient (Wildman–Crippen LogP) is 2.40. The number of H-pyrrole nitrogens is 1. The Morgan fingerprint density at radius 1 is 1.52 bits per heavy atom. The molecule has 112 valence electrons. The Labute approximate surface area is 123 Å². The van der Waals surface area contributed by atoms with E-state index in [-0.39, 0.29) is 12.4 Å². The Morgan fingerprint density at radius 3 is 2.95 bits per heavy atom. The van der Waals surface area contributed by atoms with E-state index < -0.39 is 5.60 Å². The number of hydrogen-bond acceptors (Lipinski definition) is 4. The maximum absolute atomic E-state index is 11.0. The van der Waals surface area contributed by atoms with Gasteiger partial charge in [0, 0.05) is 12.4 Å². The van der Waals surface area contributed by atoms with Crippen molar-refractivity contribution in [2.75, 3.05) is 6.61 Å². The number of allylic oxidation sites excluding steroid dienone is 2. The molecular formula is C16H20N2O3. The molecule has 0 amide bonds. The van der Waals surface area contributed by atoms with Gasteiger partial charge in [0.15, 0.2) is 5.78 Å². The van der Waals surface area contributed by atoms with Crippen molar-refractivity contribution in [2.24, 2.45) is 0 Å². The van der Waals surface area contributed by atoms with Crippen LogP contribution in [0.2, 0.25) is 0 Å². The summed E-state index contributed by atoms with van der Waals surface area (Å²) in [7, 11) is 0. The van der Waals surface area contributed by atoms with Gasteiger partial charge in [-0.3, -0.25) is 4.79 Å². The Balaban J connectivity index is 2.28. The van der Waals surface area contributed by atoms with Crippen molar-refractivity contribution in [1.82, 2.24) is 9.97 Å². The summed E-state index contributed by atoms with van der Waals surface area (Å²) in [5, 5.41) is 10.7. The first-order valence-corrected chi connectivity index (χ1v) is 6.84. The summed E-state index contributed by atoms with van der Waals surface area (Å²) < 4.78 is 5.71. The van der Waals surface area contributed by atoms with Crippen LogP contribution in [0, 0.1) is 0 Å². The van der Waals surface area contributed by atoms with Gasteiger partial charge in [0.2, 0.25) is 0 Å². The zero-order valence-corrected chi connectivity index (χ0v) is 12.5. The number of fused-ring (bicyclic) bond motifs is 1. The molecule has 0 saturated carbocycles. The molecule has 0 spiro atoms. The molecule has 5 heteroatoms. The zero-order valence-electron chi connectivity index (χ0n) is 12.5. The van der Waals surface area contributed by atoms with Crippen molar-refractivity contribution in [3.63, 3.8) is 0 Å². The third kappa shape index (κ3) is 4.16. The van der Waals surface area contributed by atoms with E-state index in [2.05, 4.69) is 9.97 Å². The molecule has 2 N–H and O–H groups in total. The van der Waals surface area contributed by atoms with Crippen LogP contribution < -0.4 is 4.74 Å². The molecule has 21 heavy (non-hydrogen) atoms. The van der Waals surface area contributed by atoms with E-state index in [1.54, 1.807) is 32.2 Å². The monoisotopic (exact) mass is 288 g/mol. The number of ether oxygens (including phenoxy) is 1. The van der Waals surface area contributed by atoms with Gasteiger partial charge in [-0.15, -0.1) is 0 Å². The number of aliphatic hydroxyl groups is 1. The van der Waals surface area contributed by atoms with Gasteiger partial charge < -0.3 is 14.8 Å². The van der Waals surface area contributed by atoms with Crippen molar-refractivity contribution in [2.45, 2.75) is 32.8 Å². The van der Waals surface area contributed by atoms with Gasteiger partial charge in [-0.05, 0) is 44.9 Å². The zero-order chi connectivity index (χ0) is 15.5. The highest BCUT2D eigenvalue weighted by molar-refractivity contribution is 5.88. The molecule has 0 aliphatic heterocycles. The number of ketones is 1. The summed E-state index contributed by atoms with van der Waals surface area (Å²) in [4.78, 5) is 18.3. The minimum Gasteiger partial charge on any atom is -0.490 e. The summed E-state index contributed by atoms with van der Waals surface area (Å²) >= 11 is 0. The Kier molecular flexibility index (Phi) is 4.43. The third-order valence-corrected chi connectivity index (χ3v) is 2.89. The molecule has 0 aliphatic carbocycles. The van der Waals surface area contributed by atoms with Crippen LogP contribution in [0.3, 0.4) is 0 Å². The Hall–Kier alpha value is -2.14. The van der Waals surface area contributed by atoms with Crippen LogP contribution in [0.4, 0.5) is 0 Å². The largest absolute Gasteiger partial charge is 0.490 e. The second kappa shape index (κ2) is 6.10. The smallest absolute Gasteiger partial charge is 0.152 e. The number of nitrogens with zero attached hydrogens (tertiary/aromatic N) is 1. The fourth-order valence-electron chi connectivity index (χ4n) is 1.98. The minimum atomic E-state index is -0.902. The maximum Gasteiger partial charge on any atom is 0.152 e. The van der Waals surface area contributed by atoms with Crippen molar-refractivity contribution < 1.29 is 14.6 Å².